The van der Waals surface area contributed by atoms with Gasteiger partial charge in [0.05, 0.1) is 46.7 Å². The van der Waals surface area contributed by atoms with Crippen LogP contribution in [0, 0.1) is 24.1 Å². The molecule has 212 valence electrons. The molecule has 0 spiro atoms. The first-order valence-corrected chi connectivity index (χ1v) is 13.5. The van der Waals surface area contributed by atoms with E-state index in [9.17, 15) is 14.3 Å². The maximum Gasteiger partial charge on any atom is 0.335 e. The van der Waals surface area contributed by atoms with Crippen LogP contribution in [-0.2, 0) is 19.6 Å². The van der Waals surface area contributed by atoms with Crippen molar-refractivity contribution in [3.8, 4) is 23.2 Å². The Morgan fingerprint density at radius 1 is 1.05 bits per heavy atom. The summed E-state index contributed by atoms with van der Waals surface area (Å²) in [7, 11) is 0. The number of hydrogen-bond donors (Lipinski definition) is 1. The summed E-state index contributed by atoms with van der Waals surface area (Å²) in [6.45, 7) is 2.41. The van der Waals surface area contributed by atoms with Crippen LogP contribution >= 0.6 is 0 Å². The molecule has 3 aromatic carbocycles. The highest BCUT2D eigenvalue weighted by Crippen LogP contribution is 2.27. The fourth-order valence-electron chi connectivity index (χ4n) is 5.01. The van der Waals surface area contributed by atoms with Crippen LogP contribution in [0.3, 0.4) is 0 Å². The average molecular weight is 573 g/mol. The number of rotatable bonds is 9. The maximum absolute atomic E-state index is 14.3. The lowest BCUT2D eigenvalue weighted by atomic mass is 10.0. The molecule has 3 aromatic heterocycles. The lowest BCUT2D eigenvalue weighted by Crippen LogP contribution is -2.06. The van der Waals surface area contributed by atoms with Crippen LogP contribution in [0.5, 0.6) is 5.88 Å². The molecular weight excluding hydrogens is 547 g/mol. The van der Waals surface area contributed by atoms with Crippen LogP contribution < -0.4 is 4.74 Å². The molecule has 0 saturated carbocycles. The number of hydrogen-bond acceptors (Lipinski definition) is 6. The maximum atomic E-state index is 14.3. The molecule has 0 radical (unpaired) electrons. The molecule has 0 amide bonds. The molecular formula is C34H25FN4O4. The van der Waals surface area contributed by atoms with Crippen molar-refractivity contribution in [1.82, 2.24) is 14.5 Å². The summed E-state index contributed by atoms with van der Waals surface area (Å²) in [6.07, 6.45) is 2.13. The standard InChI is InChI=1S/C34H25FN4O4/c1-21-14-22(16-32-37-30-12-10-24(34(40)41)17-31(30)39(32)19-26-4-3-13-42-26)8-11-27(21)29-5-2-6-33(38-29)43-20-25-9-7-23(18-36)15-28(25)35/h2-15,17H,16,19-20H2,1H3,(H,40,41). The summed E-state index contributed by atoms with van der Waals surface area (Å²) in [5.74, 6) is 0.385. The molecule has 0 saturated heterocycles. The second kappa shape index (κ2) is 11.6. The highest BCUT2D eigenvalue weighted by molar-refractivity contribution is 5.92. The zero-order valence-corrected chi connectivity index (χ0v) is 23.1. The van der Waals surface area contributed by atoms with Crippen LogP contribution in [-0.4, -0.2) is 25.6 Å². The summed E-state index contributed by atoms with van der Waals surface area (Å²) in [5.41, 5.74) is 5.89. The van der Waals surface area contributed by atoms with Gasteiger partial charge in [-0.25, -0.2) is 19.2 Å². The van der Waals surface area contributed by atoms with Gasteiger partial charge in [0.1, 0.15) is 24.0 Å². The monoisotopic (exact) mass is 572 g/mol. The number of ether oxygens (including phenoxy) is 1. The molecule has 43 heavy (non-hydrogen) atoms. The van der Waals surface area contributed by atoms with Gasteiger partial charge in [0, 0.05) is 23.6 Å². The predicted molar refractivity (Wildman–Crippen MR) is 157 cm³/mol. The topological polar surface area (TPSA) is 114 Å². The molecule has 0 aliphatic carbocycles. The number of halogens is 1. The molecule has 0 aliphatic rings. The summed E-state index contributed by atoms with van der Waals surface area (Å²) in [6, 6.07) is 26.4. The average Bonchev–Trinajstić information content (AvgIpc) is 3.64. The molecule has 9 heteroatoms. The Morgan fingerprint density at radius 2 is 1.93 bits per heavy atom. The molecule has 0 bridgehead atoms. The molecule has 3 heterocycles. The lowest BCUT2D eigenvalue weighted by molar-refractivity contribution is 0.0697. The first-order chi connectivity index (χ1) is 20.9. The van der Waals surface area contributed by atoms with Gasteiger partial charge < -0.3 is 18.8 Å². The van der Waals surface area contributed by atoms with Crippen LogP contribution in [0.15, 0.2) is 95.6 Å². The Kier molecular flexibility index (Phi) is 7.41. The Balaban J connectivity index is 1.25. The second-order valence-corrected chi connectivity index (χ2v) is 10.1. The van der Waals surface area contributed by atoms with Gasteiger partial charge in [0.2, 0.25) is 5.88 Å². The zero-order chi connectivity index (χ0) is 29.9. The molecule has 6 rings (SSSR count). The van der Waals surface area contributed by atoms with Crippen molar-refractivity contribution in [2.75, 3.05) is 0 Å². The van der Waals surface area contributed by atoms with Gasteiger partial charge in [-0.15, -0.1) is 0 Å². The van der Waals surface area contributed by atoms with E-state index in [2.05, 4.69) is 11.1 Å². The third-order valence-corrected chi connectivity index (χ3v) is 7.18. The van der Waals surface area contributed by atoms with Crippen molar-refractivity contribution in [2.45, 2.75) is 26.5 Å². The smallest absolute Gasteiger partial charge is 0.335 e. The number of nitrogens with zero attached hydrogens (tertiary/aromatic N) is 4. The number of aromatic carboxylic acids is 1. The van der Waals surface area contributed by atoms with E-state index in [1.165, 1.54) is 12.1 Å². The van der Waals surface area contributed by atoms with Crippen LogP contribution in [0.1, 0.15) is 44.2 Å². The molecule has 0 unspecified atom stereocenters. The normalized spacial score (nSPS) is 11.0. The minimum atomic E-state index is -0.995. The third kappa shape index (κ3) is 5.85. The van der Waals surface area contributed by atoms with Gasteiger partial charge in [-0.05, 0) is 66.6 Å². The van der Waals surface area contributed by atoms with Gasteiger partial charge in [-0.1, -0.05) is 30.3 Å². The highest BCUT2D eigenvalue weighted by Gasteiger charge is 2.16. The van der Waals surface area contributed by atoms with E-state index in [1.807, 2.05) is 54.0 Å². The number of nitriles is 1. The predicted octanol–water partition coefficient (Wildman–Crippen LogP) is 6.93. The Morgan fingerprint density at radius 3 is 2.67 bits per heavy atom. The summed E-state index contributed by atoms with van der Waals surface area (Å²) >= 11 is 0. The minimum Gasteiger partial charge on any atom is -0.478 e. The fraction of sp³-hybridized carbons (Fsp3) is 0.118. The largest absolute Gasteiger partial charge is 0.478 e. The molecule has 1 N–H and O–H groups in total. The summed E-state index contributed by atoms with van der Waals surface area (Å²) in [5, 5.41) is 18.5. The van der Waals surface area contributed by atoms with Gasteiger partial charge >= 0.3 is 5.97 Å². The van der Waals surface area contributed by atoms with Gasteiger partial charge in [0.15, 0.2) is 0 Å². The number of furan rings is 1. The van der Waals surface area contributed by atoms with Crippen molar-refractivity contribution < 1.29 is 23.4 Å². The number of carboxylic acids is 1. The molecule has 0 aliphatic heterocycles. The quantitative estimate of drug-likeness (QED) is 0.200. The van der Waals surface area contributed by atoms with Gasteiger partial charge in [0.25, 0.3) is 0 Å². The number of fused-ring (bicyclic) bond motifs is 1. The van der Waals surface area contributed by atoms with Gasteiger partial charge in [-0.3, -0.25) is 0 Å². The van der Waals surface area contributed by atoms with Crippen LogP contribution in [0.25, 0.3) is 22.3 Å². The van der Waals surface area contributed by atoms with Crippen LogP contribution in [0.2, 0.25) is 0 Å². The van der Waals surface area contributed by atoms with E-state index in [4.69, 9.17) is 19.4 Å². The lowest BCUT2D eigenvalue weighted by Gasteiger charge is -2.12. The van der Waals surface area contributed by atoms with E-state index >= 15 is 0 Å². The summed E-state index contributed by atoms with van der Waals surface area (Å²) < 4.78 is 27.6. The van der Waals surface area contributed by atoms with Crippen molar-refractivity contribution in [1.29, 1.82) is 5.26 Å². The van der Waals surface area contributed by atoms with E-state index in [0.29, 0.717) is 35.6 Å². The Labute approximate surface area is 246 Å². The summed E-state index contributed by atoms with van der Waals surface area (Å²) in [4.78, 5) is 21.1. The van der Waals surface area contributed by atoms with Crippen molar-refractivity contribution in [2.24, 2.45) is 0 Å². The number of aromatic nitrogens is 3. The molecule has 6 aromatic rings. The Bertz CT molecular complexity index is 2010. The Hall–Kier alpha value is -5.75. The first kappa shape index (κ1) is 27.4. The SMILES string of the molecule is Cc1cc(Cc2nc3ccc(C(=O)O)cc3n2Cc2ccco2)ccc1-c1cccc(OCc2ccc(C#N)cc2F)n1. The molecule has 0 atom stereocenters. The second-order valence-electron chi connectivity index (χ2n) is 10.1. The van der Waals surface area contributed by atoms with E-state index < -0.39 is 11.8 Å². The van der Waals surface area contributed by atoms with Gasteiger partial charge in [-0.2, -0.15) is 5.26 Å². The first-order valence-electron chi connectivity index (χ1n) is 13.5. The number of aryl methyl sites for hydroxylation is 1. The minimum absolute atomic E-state index is 0.0150. The number of pyridine rings is 1. The van der Waals surface area contributed by atoms with Crippen LogP contribution in [0.4, 0.5) is 4.39 Å². The highest BCUT2D eigenvalue weighted by atomic mass is 19.1. The number of carboxylic acid groups (broad SMARTS) is 1. The van der Waals surface area contributed by atoms with Crippen molar-refractivity contribution in [3.63, 3.8) is 0 Å². The number of benzene rings is 3. The van der Waals surface area contributed by atoms with E-state index in [0.717, 1.165) is 33.8 Å². The fourth-order valence-corrected chi connectivity index (χ4v) is 5.01. The number of carbonyl (C=O) groups is 1. The molecule has 0 fully saturated rings. The van der Waals surface area contributed by atoms with E-state index in [1.54, 1.807) is 36.6 Å². The van der Waals surface area contributed by atoms with E-state index in [-0.39, 0.29) is 17.7 Å². The zero-order valence-electron chi connectivity index (χ0n) is 23.1. The van der Waals surface area contributed by atoms with Crippen molar-refractivity contribution >= 4 is 17.0 Å². The number of imidazole rings is 1. The molecule has 8 nitrogen and oxygen atoms in total. The van der Waals surface area contributed by atoms with Crippen molar-refractivity contribution in [3.05, 3.63) is 136 Å². The third-order valence-electron chi connectivity index (χ3n) is 7.18.